The van der Waals surface area contributed by atoms with Gasteiger partial charge >= 0.3 is 5.97 Å². The van der Waals surface area contributed by atoms with E-state index in [0.29, 0.717) is 39.6 Å². The van der Waals surface area contributed by atoms with Gasteiger partial charge in [-0.2, -0.15) is 0 Å². The Balaban J connectivity index is 1.61. The third-order valence-electron chi connectivity index (χ3n) is 5.69. The van der Waals surface area contributed by atoms with Gasteiger partial charge in [-0.1, -0.05) is 41.1 Å². The number of hydrogen-bond acceptors (Lipinski definition) is 9. The van der Waals surface area contributed by atoms with Crippen LogP contribution in [0.4, 0.5) is 5.13 Å². The summed E-state index contributed by atoms with van der Waals surface area (Å²) in [4.78, 5) is 39.0. The molecule has 1 N–H and O–H groups in total. The molecule has 2 aromatic carbocycles. The standard InChI is InChI=1S/C27H31ClN4O6S/c1-4-38-25(35)12-11-24(34)32(15-13-18-5-10-21(36-2)22(17-18)37-3)16-14-23(33)29-27-31-30-26(39-27)19-6-8-20(28)9-7-19/h5-10,17H,4,11-16H2,1-3H3,(H,29,31,33). The van der Waals surface area contributed by atoms with Gasteiger partial charge in [0.1, 0.15) is 5.01 Å². The number of carbonyl (C=O) groups excluding carboxylic acids is 3. The van der Waals surface area contributed by atoms with E-state index in [1.54, 1.807) is 44.2 Å². The maximum Gasteiger partial charge on any atom is 0.306 e. The first-order valence-electron chi connectivity index (χ1n) is 12.4. The highest BCUT2D eigenvalue weighted by Gasteiger charge is 2.18. The highest BCUT2D eigenvalue weighted by Crippen LogP contribution is 2.28. The molecule has 0 aliphatic carbocycles. The molecule has 3 aromatic rings. The van der Waals surface area contributed by atoms with Crippen LogP contribution in [-0.2, 0) is 25.5 Å². The average Bonchev–Trinajstić information content (AvgIpc) is 3.40. The molecule has 1 aromatic heterocycles. The maximum absolute atomic E-state index is 13.0. The number of nitrogens with one attached hydrogen (secondary N) is 1. The minimum Gasteiger partial charge on any atom is -0.493 e. The van der Waals surface area contributed by atoms with Crippen molar-refractivity contribution in [1.82, 2.24) is 15.1 Å². The second-order valence-corrected chi connectivity index (χ2v) is 9.76. The average molecular weight is 575 g/mol. The van der Waals surface area contributed by atoms with Crippen molar-refractivity contribution in [2.75, 3.05) is 39.2 Å². The number of carbonyl (C=O) groups is 3. The summed E-state index contributed by atoms with van der Waals surface area (Å²) < 4.78 is 15.6. The van der Waals surface area contributed by atoms with E-state index in [1.165, 1.54) is 11.3 Å². The van der Waals surface area contributed by atoms with Crippen LogP contribution in [0.3, 0.4) is 0 Å². The number of aromatic nitrogens is 2. The van der Waals surface area contributed by atoms with Crippen molar-refractivity contribution in [2.45, 2.75) is 32.6 Å². The molecule has 0 aliphatic rings. The van der Waals surface area contributed by atoms with Crippen molar-refractivity contribution in [2.24, 2.45) is 0 Å². The quantitative estimate of drug-likeness (QED) is 0.277. The van der Waals surface area contributed by atoms with Crippen LogP contribution in [0.15, 0.2) is 42.5 Å². The SMILES string of the molecule is CCOC(=O)CCC(=O)N(CCC(=O)Nc1nnc(-c2ccc(Cl)cc2)s1)CCc1ccc(OC)c(OC)c1. The van der Waals surface area contributed by atoms with Gasteiger partial charge < -0.3 is 24.4 Å². The van der Waals surface area contributed by atoms with Gasteiger partial charge in [-0.15, -0.1) is 10.2 Å². The molecule has 0 bridgehead atoms. The number of rotatable bonds is 14. The molecular formula is C27H31ClN4O6S. The van der Waals surface area contributed by atoms with Crippen molar-refractivity contribution in [3.05, 3.63) is 53.1 Å². The molecule has 0 aliphatic heterocycles. The van der Waals surface area contributed by atoms with Crippen LogP contribution in [0.25, 0.3) is 10.6 Å². The number of amides is 2. The van der Waals surface area contributed by atoms with E-state index in [1.807, 2.05) is 24.3 Å². The first-order chi connectivity index (χ1) is 18.8. The number of hydrogen-bond donors (Lipinski definition) is 1. The van der Waals surface area contributed by atoms with Crippen LogP contribution >= 0.6 is 22.9 Å². The normalized spacial score (nSPS) is 10.6. The number of halogens is 1. The van der Waals surface area contributed by atoms with Crippen molar-refractivity contribution in [3.8, 4) is 22.1 Å². The summed E-state index contributed by atoms with van der Waals surface area (Å²) in [5.74, 6) is 0.220. The van der Waals surface area contributed by atoms with Crippen LogP contribution in [0.5, 0.6) is 11.5 Å². The van der Waals surface area contributed by atoms with Gasteiger partial charge in [0, 0.05) is 36.5 Å². The smallest absolute Gasteiger partial charge is 0.306 e. The van der Waals surface area contributed by atoms with Gasteiger partial charge in [-0.05, 0) is 43.2 Å². The molecule has 0 spiro atoms. The summed E-state index contributed by atoms with van der Waals surface area (Å²) in [6.07, 6.45) is 0.540. The zero-order valence-corrected chi connectivity index (χ0v) is 23.6. The molecule has 208 valence electrons. The zero-order chi connectivity index (χ0) is 28.2. The molecule has 1 heterocycles. The number of esters is 1. The van der Waals surface area contributed by atoms with Gasteiger partial charge in [0.25, 0.3) is 0 Å². The first-order valence-corrected chi connectivity index (χ1v) is 13.6. The highest BCUT2D eigenvalue weighted by molar-refractivity contribution is 7.18. The Hall–Kier alpha value is -3.70. The third-order valence-corrected chi connectivity index (χ3v) is 6.83. The Kier molecular flexibility index (Phi) is 11.5. The lowest BCUT2D eigenvalue weighted by Gasteiger charge is -2.23. The van der Waals surface area contributed by atoms with Gasteiger partial charge in [0.2, 0.25) is 16.9 Å². The number of benzene rings is 2. The fraction of sp³-hybridized carbons (Fsp3) is 0.370. The molecule has 0 atom stereocenters. The lowest BCUT2D eigenvalue weighted by atomic mass is 10.1. The Morgan fingerprint density at radius 1 is 0.949 bits per heavy atom. The molecule has 2 amide bonds. The molecule has 0 unspecified atom stereocenters. The summed E-state index contributed by atoms with van der Waals surface area (Å²) in [5, 5.41) is 12.5. The Labute approximate surface area is 236 Å². The predicted molar refractivity (Wildman–Crippen MR) is 149 cm³/mol. The summed E-state index contributed by atoms with van der Waals surface area (Å²) in [6.45, 7) is 2.49. The number of anilines is 1. The Morgan fingerprint density at radius 2 is 1.69 bits per heavy atom. The van der Waals surface area contributed by atoms with Gasteiger partial charge in [0.05, 0.1) is 27.2 Å². The maximum atomic E-state index is 13.0. The van der Waals surface area contributed by atoms with Crippen LogP contribution in [0.2, 0.25) is 5.02 Å². The molecule has 39 heavy (non-hydrogen) atoms. The number of ether oxygens (including phenoxy) is 3. The van der Waals surface area contributed by atoms with Crippen molar-refractivity contribution in [1.29, 1.82) is 0 Å². The monoisotopic (exact) mass is 574 g/mol. The second-order valence-electron chi connectivity index (χ2n) is 8.34. The van der Waals surface area contributed by atoms with Gasteiger partial charge in [-0.3, -0.25) is 14.4 Å². The Morgan fingerprint density at radius 3 is 2.38 bits per heavy atom. The van der Waals surface area contributed by atoms with E-state index in [0.717, 1.165) is 11.1 Å². The lowest BCUT2D eigenvalue weighted by molar-refractivity contribution is -0.145. The molecule has 0 saturated carbocycles. The molecule has 12 heteroatoms. The number of nitrogens with zero attached hydrogens (tertiary/aromatic N) is 3. The van der Waals surface area contributed by atoms with Crippen molar-refractivity contribution >= 4 is 45.9 Å². The van der Waals surface area contributed by atoms with Crippen LogP contribution in [0.1, 0.15) is 31.7 Å². The highest BCUT2D eigenvalue weighted by atomic mass is 35.5. The summed E-state index contributed by atoms with van der Waals surface area (Å²) in [7, 11) is 3.12. The van der Waals surface area contributed by atoms with E-state index in [4.69, 9.17) is 25.8 Å². The predicted octanol–water partition coefficient (Wildman–Crippen LogP) is 4.62. The summed E-state index contributed by atoms with van der Waals surface area (Å²) in [5.41, 5.74) is 1.77. The Bertz CT molecular complexity index is 1270. The number of methoxy groups -OCH3 is 2. The third kappa shape index (κ3) is 9.22. The molecule has 0 fully saturated rings. The summed E-state index contributed by atoms with van der Waals surface area (Å²) >= 11 is 7.18. The minimum atomic E-state index is -0.434. The van der Waals surface area contributed by atoms with Crippen molar-refractivity contribution < 1.29 is 28.6 Å². The summed E-state index contributed by atoms with van der Waals surface area (Å²) in [6, 6.07) is 12.7. The zero-order valence-electron chi connectivity index (χ0n) is 22.1. The van der Waals surface area contributed by atoms with Gasteiger partial charge in [0.15, 0.2) is 11.5 Å². The van der Waals surface area contributed by atoms with Crippen LogP contribution in [0, 0.1) is 0 Å². The van der Waals surface area contributed by atoms with E-state index in [9.17, 15) is 14.4 Å². The van der Waals surface area contributed by atoms with E-state index in [2.05, 4.69) is 15.5 Å². The topological polar surface area (TPSA) is 120 Å². The molecule has 3 rings (SSSR count). The fourth-order valence-electron chi connectivity index (χ4n) is 3.66. The van der Waals surface area contributed by atoms with Crippen LogP contribution in [-0.4, -0.2) is 66.8 Å². The van der Waals surface area contributed by atoms with Gasteiger partial charge in [-0.25, -0.2) is 0 Å². The van der Waals surface area contributed by atoms with E-state index >= 15 is 0 Å². The second kappa shape index (κ2) is 15.0. The molecular weight excluding hydrogens is 544 g/mol. The molecule has 0 saturated heterocycles. The van der Waals surface area contributed by atoms with E-state index < -0.39 is 5.97 Å². The van der Waals surface area contributed by atoms with Crippen LogP contribution < -0.4 is 14.8 Å². The largest absolute Gasteiger partial charge is 0.493 e. The van der Waals surface area contributed by atoms with E-state index in [-0.39, 0.29) is 44.2 Å². The minimum absolute atomic E-state index is 0.00671. The fourth-order valence-corrected chi connectivity index (χ4v) is 4.55. The molecule has 0 radical (unpaired) electrons. The molecule has 10 nitrogen and oxygen atoms in total. The van der Waals surface area contributed by atoms with Crippen molar-refractivity contribution in [3.63, 3.8) is 0 Å². The first kappa shape index (κ1) is 29.9. The lowest BCUT2D eigenvalue weighted by Crippen LogP contribution is -2.35.